The molecule has 1 aromatic carbocycles. The minimum atomic E-state index is 0.650. The van der Waals surface area contributed by atoms with Crippen LogP contribution in [0.3, 0.4) is 0 Å². The molecule has 0 saturated heterocycles. The molecule has 68 valence electrons. The Kier molecular flexibility index (Phi) is 2.12. The lowest BCUT2D eigenvalue weighted by atomic mass is 10.1. The van der Waals surface area contributed by atoms with E-state index >= 15 is 0 Å². The van der Waals surface area contributed by atoms with Crippen molar-refractivity contribution in [1.82, 2.24) is 0 Å². The van der Waals surface area contributed by atoms with Gasteiger partial charge in [0.25, 0.3) is 0 Å². The fourth-order valence-corrected chi connectivity index (χ4v) is 2.64. The van der Waals surface area contributed by atoms with Gasteiger partial charge in [0.2, 0.25) is 0 Å². The Morgan fingerprint density at radius 2 is 2.00 bits per heavy atom. The van der Waals surface area contributed by atoms with Crippen molar-refractivity contribution in [2.24, 2.45) is 0 Å². The van der Waals surface area contributed by atoms with Crippen LogP contribution in [0, 0.1) is 6.92 Å². The monoisotopic (exact) mass is 190 g/mol. The lowest BCUT2D eigenvalue weighted by Crippen LogP contribution is -1.77. The average Bonchev–Trinajstić information content (AvgIpc) is 2.49. The smallest absolute Gasteiger partial charge is 0.0374 e. The zero-order valence-corrected chi connectivity index (χ0v) is 9.11. The van der Waals surface area contributed by atoms with Gasteiger partial charge in [-0.05, 0) is 29.9 Å². The fourth-order valence-electron chi connectivity index (χ4n) is 1.51. The highest BCUT2D eigenvalue weighted by Crippen LogP contribution is 2.32. The highest BCUT2D eigenvalue weighted by molar-refractivity contribution is 7.19. The molecule has 13 heavy (non-hydrogen) atoms. The zero-order chi connectivity index (χ0) is 9.42. The number of aryl methyl sites for hydroxylation is 1. The van der Waals surface area contributed by atoms with Gasteiger partial charge in [0, 0.05) is 9.58 Å². The first-order chi connectivity index (χ1) is 6.18. The standard InChI is InChI=1S/C12H14S/c1-8(2)11-7-10-6-4-5-9(3)12(10)13-11/h4-8H,1-3H3. The number of thiophene rings is 1. The first kappa shape index (κ1) is 8.76. The maximum absolute atomic E-state index is 2.32. The van der Waals surface area contributed by atoms with Crippen molar-refractivity contribution in [2.45, 2.75) is 26.7 Å². The van der Waals surface area contributed by atoms with Gasteiger partial charge in [-0.2, -0.15) is 0 Å². The third-order valence-corrected chi connectivity index (χ3v) is 3.92. The van der Waals surface area contributed by atoms with Crippen LogP contribution in [0.2, 0.25) is 0 Å². The predicted octanol–water partition coefficient (Wildman–Crippen LogP) is 4.33. The van der Waals surface area contributed by atoms with Crippen LogP contribution in [0.4, 0.5) is 0 Å². The largest absolute Gasteiger partial charge is 0.140 e. The third kappa shape index (κ3) is 1.49. The highest BCUT2D eigenvalue weighted by atomic mass is 32.1. The molecule has 2 aromatic rings. The summed E-state index contributed by atoms with van der Waals surface area (Å²) in [6, 6.07) is 8.83. The van der Waals surface area contributed by atoms with Gasteiger partial charge in [-0.15, -0.1) is 11.3 Å². The van der Waals surface area contributed by atoms with Gasteiger partial charge >= 0.3 is 0 Å². The Morgan fingerprint density at radius 1 is 1.23 bits per heavy atom. The van der Waals surface area contributed by atoms with E-state index in [0.717, 1.165) is 0 Å². The van der Waals surface area contributed by atoms with E-state index < -0.39 is 0 Å². The van der Waals surface area contributed by atoms with E-state index in [0.29, 0.717) is 5.92 Å². The molecule has 0 radical (unpaired) electrons. The minimum absolute atomic E-state index is 0.650. The third-order valence-electron chi connectivity index (χ3n) is 2.33. The van der Waals surface area contributed by atoms with Gasteiger partial charge in [-0.25, -0.2) is 0 Å². The summed E-state index contributed by atoms with van der Waals surface area (Å²) < 4.78 is 1.45. The van der Waals surface area contributed by atoms with E-state index in [1.807, 2.05) is 11.3 Å². The van der Waals surface area contributed by atoms with Crippen molar-refractivity contribution in [3.63, 3.8) is 0 Å². The molecule has 0 aliphatic rings. The molecular weight excluding hydrogens is 176 g/mol. The van der Waals surface area contributed by atoms with Crippen LogP contribution in [0.25, 0.3) is 10.1 Å². The van der Waals surface area contributed by atoms with Crippen LogP contribution < -0.4 is 0 Å². The maximum Gasteiger partial charge on any atom is 0.0374 e. The quantitative estimate of drug-likeness (QED) is 0.627. The molecule has 0 aliphatic heterocycles. The summed E-state index contributed by atoms with van der Waals surface area (Å²) in [7, 11) is 0. The van der Waals surface area contributed by atoms with E-state index in [9.17, 15) is 0 Å². The SMILES string of the molecule is Cc1cccc2cc(C(C)C)sc12. The topological polar surface area (TPSA) is 0 Å². The van der Waals surface area contributed by atoms with Crippen LogP contribution in [0.15, 0.2) is 24.3 Å². The summed E-state index contributed by atoms with van der Waals surface area (Å²) in [5.74, 6) is 0.650. The Hall–Kier alpha value is -0.820. The second-order valence-electron chi connectivity index (χ2n) is 3.80. The molecule has 0 aliphatic carbocycles. The normalized spacial score (nSPS) is 11.4. The maximum atomic E-state index is 2.32. The molecule has 0 amide bonds. The molecule has 1 heterocycles. The van der Waals surface area contributed by atoms with E-state index in [2.05, 4.69) is 45.0 Å². The molecule has 0 bridgehead atoms. The summed E-state index contributed by atoms with van der Waals surface area (Å²) >= 11 is 1.93. The summed E-state index contributed by atoms with van der Waals surface area (Å²) in [5, 5.41) is 1.40. The van der Waals surface area contributed by atoms with Gasteiger partial charge in [-0.1, -0.05) is 32.0 Å². The number of hydrogen-bond donors (Lipinski definition) is 0. The Labute approximate surface area is 83.2 Å². The second-order valence-corrected chi connectivity index (χ2v) is 4.88. The number of benzene rings is 1. The van der Waals surface area contributed by atoms with Crippen LogP contribution in [0.1, 0.15) is 30.2 Å². The molecule has 1 heteroatoms. The van der Waals surface area contributed by atoms with Crippen molar-refractivity contribution in [1.29, 1.82) is 0 Å². The molecular formula is C12H14S. The first-order valence-corrected chi connectivity index (χ1v) is 5.49. The van der Waals surface area contributed by atoms with Crippen molar-refractivity contribution in [2.75, 3.05) is 0 Å². The number of fused-ring (bicyclic) bond motifs is 1. The zero-order valence-electron chi connectivity index (χ0n) is 8.29. The summed E-state index contributed by atoms with van der Waals surface area (Å²) in [6.07, 6.45) is 0. The van der Waals surface area contributed by atoms with Crippen molar-refractivity contribution >= 4 is 21.4 Å². The number of hydrogen-bond acceptors (Lipinski definition) is 1. The minimum Gasteiger partial charge on any atom is -0.140 e. The van der Waals surface area contributed by atoms with Crippen molar-refractivity contribution < 1.29 is 0 Å². The number of rotatable bonds is 1. The fraction of sp³-hybridized carbons (Fsp3) is 0.333. The molecule has 0 unspecified atom stereocenters. The van der Waals surface area contributed by atoms with Crippen LogP contribution in [-0.2, 0) is 0 Å². The molecule has 1 aromatic heterocycles. The molecule has 0 N–H and O–H groups in total. The molecule has 0 fully saturated rings. The Balaban J connectivity index is 2.68. The summed E-state index contributed by atoms with van der Waals surface area (Å²) in [4.78, 5) is 1.49. The second kappa shape index (κ2) is 3.15. The summed E-state index contributed by atoms with van der Waals surface area (Å²) in [5.41, 5.74) is 1.40. The Bertz CT molecular complexity index is 424. The first-order valence-electron chi connectivity index (χ1n) is 4.67. The Morgan fingerprint density at radius 3 is 2.62 bits per heavy atom. The van der Waals surface area contributed by atoms with Gasteiger partial charge in [0.1, 0.15) is 0 Å². The van der Waals surface area contributed by atoms with Crippen LogP contribution in [-0.4, -0.2) is 0 Å². The van der Waals surface area contributed by atoms with Crippen molar-refractivity contribution in [3.05, 3.63) is 34.7 Å². The van der Waals surface area contributed by atoms with E-state index in [4.69, 9.17) is 0 Å². The lowest BCUT2D eigenvalue weighted by molar-refractivity contribution is 0.890. The van der Waals surface area contributed by atoms with Gasteiger partial charge in [0.15, 0.2) is 0 Å². The molecule has 0 saturated carbocycles. The lowest BCUT2D eigenvalue weighted by Gasteiger charge is -1.96. The molecule has 0 spiro atoms. The van der Waals surface area contributed by atoms with Gasteiger partial charge in [0.05, 0.1) is 0 Å². The van der Waals surface area contributed by atoms with E-state index in [1.165, 1.54) is 20.5 Å². The van der Waals surface area contributed by atoms with E-state index in [1.54, 1.807) is 0 Å². The predicted molar refractivity (Wildman–Crippen MR) is 60.7 cm³/mol. The molecule has 2 rings (SSSR count). The van der Waals surface area contributed by atoms with Crippen LogP contribution in [0.5, 0.6) is 0 Å². The molecule has 0 nitrogen and oxygen atoms in total. The summed E-state index contributed by atoms with van der Waals surface area (Å²) in [6.45, 7) is 6.68. The average molecular weight is 190 g/mol. The highest BCUT2D eigenvalue weighted by Gasteiger charge is 2.05. The molecule has 0 atom stereocenters. The van der Waals surface area contributed by atoms with E-state index in [-0.39, 0.29) is 0 Å². The van der Waals surface area contributed by atoms with Crippen molar-refractivity contribution in [3.8, 4) is 0 Å². The van der Waals surface area contributed by atoms with Crippen LogP contribution >= 0.6 is 11.3 Å². The van der Waals surface area contributed by atoms with Gasteiger partial charge < -0.3 is 0 Å². The van der Waals surface area contributed by atoms with Gasteiger partial charge in [-0.3, -0.25) is 0 Å².